The van der Waals surface area contributed by atoms with E-state index in [1.165, 1.54) is 43.9 Å². The number of nitrogens with two attached hydrogens (primary N) is 1. The Bertz CT molecular complexity index is 221. The second-order valence-corrected chi connectivity index (χ2v) is 5.40. The van der Waals surface area contributed by atoms with E-state index in [4.69, 9.17) is 15.9 Å². The van der Waals surface area contributed by atoms with Gasteiger partial charge in [0.25, 0.3) is 0 Å². The quantitative estimate of drug-likeness (QED) is 0.546. The molecule has 0 amide bonds. The van der Waals surface area contributed by atoms with E-state index in [0.29, 0.717) is 6.10 Å². The summed E-state index contributed by atoms with van der Waals surface area (Å²) in [5, 5.41) is 7.42. The van der Waals surface area contributed by atoms with Gasteiger partial charge in [0, 0.05) is 12.2 Å². The average Bonchev–Trinajstić information content (AvgIpc) is 1.98. The lowest BCUT2D eigenvalue weighted by atomic mass is 9.81. The fourth-order valence-electron chi connectivity index (χ4n) is 2.45. The Hall–Kier alpha value is -0.220. The predicted octanol–water partition coefficient (Wildman–Crippen LogP) is 2.10. The van der Waals surface area contributed by atoms with Gasteiger partial charge in [0.1, 0.15) is 0 Å². The molecule has 0 aromatic carbocycles. The first kappa shape index (κ1) is 10.3. The van der Waals surface area contributed by atoms with Crippen molar-refractivity contribution in [2.45, 2.75) is 50.2 Å². The molecule has 4 heteroatoms. The molecule has 3 aliphatic rings. The summed E-state index contributed by atoms with van der Waals surface area (Å²) in [6.45, 7) is 0. The molecule has 0 radical (unpaired) electrons. The Morgan fingerprint density at radius 1 is 1.50 bits per heavy atom. The van der Waals surface area contributed by atoms with Gasteiger partial charge in [0.15, 0.2) is 5.17 Å². The summed E-state index contributed by atoms with van der Waals surface area (Å²) in [6, 6.07) is 0. The fourth-order valence-corrected chi connectivity index (χ4v) is 3.20. The maximum Gasteiger partial charge on any atom is 0.151 e. The third-order valence-corrected chi connectivity index (χ3v) is 4.15. The predicted molar refractivity (Wildman–Crippen MR) is 59.7 cm³/mol. The Balaban J connectivity index is 1.85. The smallest absolute Gasteiger partial charge is 0.151 e. The van der Waals surface area contributed by atoms with Crippen LogP contribution >= 0.6 is 11.8 Å². The summed E-state index contributed by atoms with van der Waals surface area (Å²) in [6.07, 6.45) is 8.00. The van der Waals surface area contributed by atoms with Crippen LogP contribution in [-0.4, -0.2) is 22.6 Å². The highest BCUT2D eigenvalue weighted by atomic mass is 32.2. The van der Waals surface area contributed by atoms with Crippen LogP contribution in [-0.2, 0) is 4.74 Å². The van der Waals surface area contributed by atoms with Gasteiger partial charge in [-0.3, -0.25) is 5.41 Å². The Morgan fingerprint density at radius 2 is 2.29 bits per heavy atom. The molecule has 3 nitrogen and oxygen atoms in total. The molecule has 0 aromatic rings. The molecule has 2 atom stereocenters. The molecule has 3 rings (SSSR count). The molecule has 80 valence electrons. The van der Waals surface area contributed by atoms with Crippen LogP contribution in [0.3, 0.4) is 0 Å². The van der Waals surface area contributed by atoms with Gasteiger partial charge in [0.2, 0.25) is 0 Å². The van der Waals surface area contributed by atoms with Crippen LogP contribution in [0.1, 0.15) is 38.5 Å². The molecule has 3 fully saturated rings. The molecule has 0 spiro atoms. The summed E-state index contributed by atoms with van der Waals surface area (Å²) in [7, 11) is 0. The molecule has 1 unspecified atom stereocenters. The molecule has 2 aliphatic heterocycles. The molecule has 2 saturated heterocycles. The van der Waals surface area contributed by atoms with Gasteiger partial charge < -0.3 is 10.5 Å². The summed E-state index contributed by atoms with van der Waals surface area (Å²) in [4.78, 5) is 0. The van der Waals surface area contributed by atoms with Gasteiger partial charge in [-0.05, 0) is 12.8 Å². The standard InChI is InChI=1S/C10H18N2OS/c11-9(12)14-7-10-5-3-1-2-4-8(6-10)13-10/h8H,1-7H2,(H3,11,12)/t8-,10?/m0/s1. The van der Waals surface area contributed by atoms with E-state index in [2.05, 4.69) is 0 Å². The minimum absolute atomic E-state index is 0.0709. The molecule has 2 heterocycles. The first-order valence-electron chi connectivity index (χ1n) is 5.35. The zero-order valence-electron chi connectivity index (χ0n) is 8.42. The van der Waals surface area contributed by atoms with Crippen LogP contribution in [0.25, 0.3) is 0 Å². The summed E-state index contributed by atoms with van der Waals surface area (Å²) < 4.78 is 5.94. The third-order valence-electron chi connectivity index (χ3n) is 3.17. The largest absolute Gasteiger partial charge is 0.379 e. The monoisotopic (exact) mass is 214 g/mol. The second-order valence-electron chi connectivity index (χ2n) is 4.38. The second kappa shape index (κ2) is 4.11. The van der Waals surface area contributed by atoms with E-state index in [1.807, 2.05) is 0 Å². The Morgan fingerprint density at radius 3 is 3.00 bits per heavy atom. The fraction of sp³-hybridized carbons (Fsp3) is 0.900. The highest BCUT2D eigenvalue weighted by Gasteiger charge is 2.45. The van der Waals surface area contributed by atoms with Crippen molar-refractivity contribution in [2.75, 3.05) is 5.75 Å². The van der Waals surface area contributed by atoms with E-state index in [-0.39, 0.29) is 10.8 Å². The van der Waals surface area contributed by atoms with Crippen LogP contribution in [0.4, 0.5) is 0 Å². The minimum Gasteiger partial charge on any atom is -0.379 e. The molecule has 1 saturated carbocycles. The van der Waals surface area contributed by atoms with Crippen molar-refractivity contribution in [2.24, 2.45) is 5.73 Å². The zero-order chi connectivity index (χ0) is 10.0. The minimum atomic E-state index is 0.0709. The van der Waals surface area contributed by atoms with Gasteiger partial charge in [0.05, 0.1) is 11.7 Å². The number of hydrogen-bond donors (Lipinski definition) is 2. The maximum atomic E-state index is 7.20. The van der Waals surface area contributed by atoms with Crippen LogP contribution in [0.2, 0.25) is 0 Å². The maximum absolute atomic E-state index is 7.20. The van der Waals surface area contributed by atoms with Gasteiger partial charge in [-0.1, -0.05) is 31.0 Å². The van der Waals surface area contributed by atoms with Gasteiger partial charge in [-0.15, -0.1) is 0 Å². The lowest BCUT2D eigenvalue weighted by molar-refractivity contribution is -0.203. The van der Waals surface area contributed by atoms with E-state index in [9.17, 15) is 0 Å². The zero-order valence-corrected chi connectivity index (χ0v) is 9.24. The number of amidine groups is 1. The Labute approximate surface area is 89.3 Å². The van der Waals surface area contributed by atoms with Crippen molar-refractivity contribution < 1.29 is 4.74 Å². The molecule has 3 N–H and O–H groups in total. The third kappa shape index (κ3) is 2.23. The average molecular weight is 214 g/mol. The molecule has 2 bridgehead atoms. The van der Waals surface area contributed by atoms with Crippen molar-refractivity contribution in [1.29, 1.82) is 5.41 Å². The summed E-state index contributed by atoms with van der Waals surface area (Å²) in [5.74, 6) is 0.874. The van der Waals surface area contributed by atoms with Crippen molar-refractivity contribution in [1.82, 2.24) is 0 Å². The molecule has 1 aliphatic carbocycles. The van der Waals surface area contributed by atoms with Crippen LogP contribution in [0.15, 0.2) is 0 Å². The molecular weight excluding hydrogens is 196 g/mol. The topological polar surface area (TPSA) is 59.1 Å². The first-order valence-corrected chi connectivity index (χ1v) is 6.33. The van der Waals surface area contributed by atoms with Crippen molar-refractivity contribution in [3.8, 4) is 0 Å². The SMILES string of the molecule is N=C(N)SCC12CCCCC[C@@H](C1)O2. The number of fused-ring (bicyclic) bond motifs is 4. The van der Waals surface area contributed by atoms with Gasteiger partial charge in [-0.25, -0.2) is 0 Å². The summed E-state index contributed by atoms with van der Waals surface area (Å²) in [5.41, 5.74) is 5.42. The van der Waals surface area contributed by atoms with E-state index >= 15 is 0 Å². The lowest BCUT2D eigenvalue weighted by Crippen LogP contribution is -2.53. The van der Waals surface area contributed by atoms with Crippen LogP contribution in [0.5, 0.6) is 0 Å². The number of hydrogen-bond acceptors (Lipinski definition) is 3. The van der Waals surface area contributed by atoms with Crippen LogP contribution in [0, 0.1) is 5.41 Å². The highest BCUT2D eigenvalue weighted by Crippen LogP contribution is 2.43. The van der Waals surface area contributed by atoms with Crippen molar-refractivity contribution in [3.05, 3.63) is 0 Å². The summed E-state index contributed by atoms with van der Waals surface area (Å²) >= 11 is 1.43. The van der Waals surface area contributed by atoms with Gasteiger partial charge in [-0.2, -0.15) is 0 Å². The van der Waals surface area contributed by atoms with E-state index in [0.717, 1.165) is 12.2 Å². The molecule has 14 heavy (non-hydrogen) atoms. The lowest BCUT2D eigenvalue weighted by Gasteiger charge is -2.49. The normalized spacial score (nSPS) is 36.7. The van der Waals surface area contributed by atoms with Crippen molar-refractivity contribution >= 4 is 16.9 Å². The number of thioether (sulfide) groups is 1. The number of nitrogens with one attached hydrogen (secondary N) is 1. The van der Waals surface area contributed by atoms with Crippen LogP contribution < -0.4 is 5.73 Å². The molecular formula is C10H18N2OS. The number of rotatable bonds is 2. The highest BCUT2D eigenvalue weighted by molar-refractivity contribution is 8.13. The van der Waals surface area contributed by atoms with E-state index < -0.39 is 0 Å². The van der Waals surface area contributed by atoms with Crippen molar-refractivity contribution in [3.63, 3.8) is 0 Å². The molecule has 0 aromatic heterocycles. The Kier molecular flexibility index (Phi) is 3.02. The van der Waals surface area contributed by atoms with E-state index in [1.54, 1.807) is 0 Å². The van der Waals surface area contributed by atoms with Gasteiger partial charge >= 0.3 is 0 Å². The first-order chi connectivity index (χ1) is 6.70. The number of ether oxygens (including phenoxy) is 1.